The molecule has 0 spiro atoms. The molecule has 1 N–H and O–H groups in total. The Kier molecular flexibility index (Phi) is 4.54. The van der Waals surface area contributed by atoms with Gasteiger partial charge in [0.2, 0.25) is 5.91 Å². The van der Waals surface area contributed by atoms with E-state index in [1.807, 2.05) is 0 Å². The summed E-state index contributed by atoms with van der Waals surface area (Å²) in [6.07, 6.45) is 0. The highest BCUT2D eigenvalue weighted by atomic mass is 35.5. The third kappa shape index (κ3) is 4.02. The van der Waals surface area contributed by atoms with Crippen LogP contribution in [0.4, 0.5) is 5.69 Å². The van der Waals surface area contributed by atoms with E-state index in [0.29, 0.717) is 10.7 Å². The lowest BCUT2D eigenvalue weighted by atomic mass is 10.2. The molecule has 0 aliphatic rings. The number of benzene rings is 1. The van der Waals surface area contributed by atoms with Crippen molar-refractivity contribution in [3.05, 3.63) is 28.8 Å². The average molecular weight is 276 g/mol. The Balaban J connectivity index is 2.79. The van der Waals surface area contributed by atoms with Crippen LogP contribution in [-0.2, 0) is 14.6 Å². The van der Waals surface area contributed by atoms with Crippen LogP contribution >= 0.6 is 11.6 Å². The van der Waals surface area contributed by atoms with Gasteiger partial charge < -0.3 is 5.32 Å². The predicted molar refractivity (Wildman–Crippen MR) is 69.1 cm³/mol. The minimum absolute atomic E-state index is 0.0467. The number of anilines is 1. The van der Waals surface area contributed by atoms with Crippen LogP contribution in [0.1, 0.15) is 12.5 Å². The smallest absolute Gasteiger partial charge is 0.239 e. The number of sulfone groups is 1. The van der Waals surface area contributed by atoms with Crippen molar-refractivity contribution in [1.29, 1.82) is 0 Å². The number of carbonyl (C=O) groups is 1. The van der Waals surface area contributed by atoms with E-state index in [2.05, 4.69) is 5.32 Å². The monoisotopic (exact) mass is 275 g/mol. The fourth-order valence-corrected chi connectivity index (χ4v) is 2.08. The molecule has 0 aliphatic carbocycles. The van der Waals surface area contributed by atoms with Crippen molar-refractivity contribution in [1.82, 2.24) is 0 Å². The SMILES string of the molecule is CCS(=O)(=O)CC(=O)Nc1cccc(Cl)c1C. The first kappa shape index (κ1) is 14.0. The summed E-state index contributed by atoms with van der Waals surface area (Å²) in [6.45, 7) is 3.26. The normalized spacial score (nSPS) is 11.2. The highest BCUT2D eigenvalue weighted by Gasteiger charge is 2.15. The molecule has 0 heterocycles. The zero-order chi connectivity index (χ0) is 13.1. The molecule has 1 aromatic carbocycles. The zero-order valence-corrected chi connectivity index (χ0v) is 11.2. The number of hydrogen-bond donors (Lipinski definition) is 1. The summed E-state index contributed by atoms with van der Waals surface area (Å²) in [4.78, 5) is 11.5. The Morgan fingerprint density at radius 1 is 1.41 bits per heavy atom. The van der Waals surface area contributed by atoms with Crippen LogP contribution in [-0.4, -0.2) is 25.8 Å². The number of carbonyl (C=O) groups excluding carboxylic acids is 1. The van der Waals surface area contributed by atoms with Gasteiger partial charge in [-0.3, -0.25) is 4.79 Å². The maximum atomic E-state index is 11.5. The van der Waals surface area contributed by atoms with Gasteiger partial charge in [-0.1, -0.05) is 24.6 Å². The molecule has 0 aliphatic heterocycles. The number of halogens is 1. The van der Waals surface area contributed by atoms with E-state index in [4.69, 9.17) is 11.6 Å². The summed E-state index contributed by atoms with van der Waals surface area (Å²) in [6, 6.07) is 5.08. The molecule has 0 aromatic heterocycles. The molecular formula is C11H14ClNO3S. The van der Waals surface area contributed by atoms with Gasteiger partial charge in [0, 0.05) is 16.5 Å². The van der Waals surface area contributed by atoms with Crippen molar-refractivity contribution in [2.24, 2.45) is 0 Å². The lowest BCUT2D eigenvalue weighted by Gasteiger charge is -2.09. The van der Waals surface area contributed by atoms with Crippen LogP contribution in [0.2, 0.25) is 5.02 Å². The van der Waals surface area contributed by atoms with Crippen molar-refractivity contribution in [2.75, 3.05) is 16.8 Å². The van der Waals surface area contributed by atoms with Gasteiger partial charge in [0.1, 0.15) is 5.75 Å². The zero-order valence-electron chi connectivity index (χ0n) is 9.66. The molecule has 1 aromatic rings. The van der Waals surface area contributed by atoms with Gasteiger partial charge in [0.15, 0.2) is 9.84 Å². The average Bonchev–Trinajstić information content (AvgIpc) is 2.24. The van der Waals surface area contributed by atoms with Crippen molar-refractivity contribution >= 4 is 33.0 Å². The van der Waals surface area contributed by atoms with Gasteiger partial charge in [-0.05, 0) is 24.6 Å². The maximum absolute atomic E-state index is 11.5. The minimum atomic E-state index is -3.31. The fraction of sp³-hybridized carbons (Fsp3) is 0.364. The van der Waals surface area contributed by atoms with Gasteiger partial charge in [0.05, 0.1) is 0 Å². The highest BCUT2D eigenvalue weighted by Crippen LogP contribution is 2.22. The standard InChI is InChI=1S/C11H14ClNO3S/c1-3-17(15,16)7-11(14)13-10-6-4-5-9(12)8(10)2/h4-6H,3,7H2,1-2H3,(H,13,14). The molecule has 0 saturated carbocycles. The molecule has 0 saturated heterocycles. The first-order valence-corrected chi connectivity index (χ1v) is 7.31. The van der Waals surface area contributed by atoms with Crippen LogP contribution in [0, 0.1) is 6.92 Å². The second-order valence-corrected chi connectivity index (χ2v) is 6.40. The number of hydrogen-bond acceptors (Lipinski definition) is 3. The Bertz CT molecular complexity index is 526. The summed E-state index contributed by atoms with van der Waals surface area (Å²) in [5, 5.41) is 3.07. The van der Waals surface area contributed by atoms with Crippen molar-refractivity contribution < 1.29 is 13.2 Å². The van der Waals surface area contributed by atoms with Gasteiger partial charge in [-0.25, -0.2) is 8.42 Å². The van der Waals surface area contributed by atoms with Gasteiger partial charge >= 0.3 is 0 Å². The van der Waals surface area contributed by atoms with Crippen LogP contribution < -0.4 is 5.32 Å². The van der Waals surface area contributed by atoms with E-state index >= 15 is 0 Å². The second kappa shape index (κ2) is 5.51. The van der Waals surface area contributed by atoms with E-state index in [9.17, 15) is 13.2 Å². The fourth-order valence-electron chi connectivity index (χ4n) is 1.23. The Hall–Kier alpha value is -1.07. The Morgan fingerprint density at radius 2 is 2.06 bits per heavy atom. The van der Waals surface area contributed by atoms with Crippen molar-refractivity contribution in [2.45, 2.75) is 13.8 Å². The van der Waals surface area contributed by atoms with Crippen molar-refractivity contribution in [3.63, 3.8) is 0 Å². The van der Waals surface area contributed by atoms with E-state index < -0.39 is 21.5 Å². The molecular weight excluding hydrogens is 262 g/mol. The Morgan fingerprint density at radius 3 is 2.65 bits per heavy atom. The van der Waals surface area contributed by atoms with Crippen molar-refractivity contribution in [3.8, 4) is 0 Å². The molecule has 17 heavy (non-hydrogen) atoms. The molecule has 1 rings (SSSR count). The number of nitrogens with one attached hydrogen (secondary N) is 1. The van der Waals surface area contributed by atoms with E-state index in [0.717, 1.165) is 5.56 Å². The quantitative estimate of drug-likeness (QED) is 0.914. The molecule has 0 bridgehead atoms. The topological polar surface area (TPSA) is 63.2 Å². The highest BCUT2D eigenvalue weighted by molar-refractivity contribution is 7.92. The predicted octanol–water partition coefficient (Wildman–Crippen LogP) is 2.02. The lowest BCUT2D eigenvalue weighted by molar-refractivity contribution is -0.113. The van der Waals surface area contributed by atoms with E-state index in [-0.39, 0.29) is 5.75 Å². The van der Waals surface area contributed by atoms with E-state index in [1.54, 1.807) is 25.1 Å². The molecule has 6 heteroatoms. The number of amides is 1. The molecule has 1 amide bonds. The molecule has 0 fully saturated rings. The first-order valence-electron chi connectivity index (χ1n) is 5.11. The van der Waals surface area contributed by atoms with Crippen LogP contribution in [0.5, 0.6) is 0 Å². The molecule has 0 unspecified atom stereocenters. The number of rotatable bonds is 4. The van der Waals surface area contributed by atoms with Crippen LogP contribution in [0.3, 0.4) is 0 Å². The Labute approximate surface area is 106 Å². The van der Waals surface area contributed by atoms with Crippen LogP contribution in [0.25, 0.3) is 0 Å². The molecule has 0 radical (unpaired) electrons. The first-order chi connectivity index (χ1) is 7.85. The molecule has 4 nitrogen and oxygen atoms in total. The third-order valence-corrected chi connectivity index (χ3v) is 4.32. The third-order valence-electron chi connectivity index (χ3n) is 2.33. The maximum Gasteiger partial charge on any atom is 0.239 e. The summed E-state index contributed by atoms with van der Waals surface area (Å²) in [7, 11) is -3.31. The molecule has 94 valence electrons. The van der Waals surface area contributed by atoms with Gasteiger partial charge in [0.25, 0.3) is 0 Å². The minimum Gasteiger partial charge on any atom is -0.325 e. The lowest BCUT2D eigenvalue weighted by Crippen LogP contribution is -2.24. The summed E-state index contributed by atoms with van der Waals surface area (Å²) >= 11 is 5.89. The van der Waals surface area contributed by atoms with Gasteiger partial charge in [-0.15, -0.1) is 0 Å². The molecule has 0 atom stereocenters. The summed E-state index contributed by atoms with van der Waals surface area (Å²) in [5.41, 5.74) is 1.25. The van der Waals surface area contributed by atoms with Crippen LogP contribution in [0.15, 0.2) is 18.2 Å². The second-order valence-electron chi connectivity index (χ2n) is 3.64. The largest absolute Gasteiger partial charge is 0.325 e. The summed E-state index contributed by atoms with van der Waals surface area (Å²) < 4.78 is 22.5. The summed E-state index contributed by atoms with van der Waals surface area (Å²) in [5.74, 6) is -1.10. The van der Waals surface area contributed by atoms with Gasteiger partial charge in [-0.2, -0.15) is 0 Å². The van der Waals surface area contributed by atoms with E-state index in [1.165, 1.54) is 6.92 Å².